The van der Waals surface area contributed by atoms with Crippen molar-refractivity contribution < 1.29 is 9.84 Å². The highest BCUT2D eigenvalue weighted by Gasteiger charge is 2.28. The molecule has 0 radical (unpaired) electrons. The number of aromatic hydroxyl groups is 1. The second kappa shape index (κ2) is 8.23. The van der Waals surface area contributed by atoms with Crippen LogP contribution >= 0.6 is 15.9 Å². The lowest BCUT2D eigenvalue weighted by Crippen LogP contribution is -2.41. The minimum absolute atomic E-state index is 0.00806. The summed E-state index contributed by atoms with van der Waals surface area (Å²) in [5.41, 5.74) is 3.04. The Bertz CT molecular complexity index is 787. The standard InChI is InChI=1S/C21H25BrN2O2/c1-4-26-16-8-5-14(6-9-16)18-12-19(24-21(23-18)13(2)3)17-11-15(22)7-10-20(17)25/h5-11,13,19,21,24-25H,4,12H2,1-3H3/t19-,21+/m1/s1. The fourth-order valence-electron chi connectivity index (χ4n) is 3.16. The molecule has 1 aliphatic heterocycles. The normalized spacial score (nSPS) is 20.1. The molecule has 3 rings (SSSR count). The summed E-state index contributed by atoms with van der Waals surface area (Å²) in [4.78, 5) is 4.93. The first-order chi connectivity index (χ1) is 12.5. The Hall–Kier alpha value is -1.85. The van der Waals surface area contributed by atoms with Crippen LogP contribution in [0.3, 0.4) is 0 Å². The van der Waals surface area contributed by atoms with Gasteiger partial charge in [-0.15, -0.1) is 0 Å². The second-order valence-electron chi connectivity index (χ2n) is 6.85. The summed E-state index contributed by atoms with van der Waals surface area (Å²) in [6, 6.07) is 13.7. The number of hydrogen-bond donors (Lipinski definition) is 2. The van der Waals surface area contributed by atoms with Crippen molar-refractivity contribution in [3.8, 4) is 11.5 Å². The first-order valence-corrected chi connectivity index (χ1v) is 9.81. The maximum absolute atomic E-state index is 10.3. The number of aliphatic imine (C=N–C) groups is 1. The Balaban J connectivity index is 1.92. The number of rotatable bonds is 5. The Labute approximate surface area is 163 Å². The van der Waals surface area contributed by atoms with Crippen LogP contribution in [0.1, 0.15) is 44.4 Å². The molecule has 2 atom stereocenters. The van der Waals surface area contributed by atoms with Crippen LogP contribution in [0.5, 0.6) is 11.5 Å². The lowest BCUT2D eigenvalue weighted by molar-refractivity contribution is 0.340. The molecule has 2 aromatic rings. The lowest BCUT2D eigenvalue weighted by atomic mass is 9.93. The number of nitrogens with one attached hydrogen (secondary N) is 1. The van der Waals surface area contributed by atoms with Crippen molar-refractivity contribution in [3.63, 3.8) is 0 Å². The van der Waals surface area contributed by atoms with Gasteiger partial charge in [0.2, 0.25) is 0 Å². The van der Waals surface area contributed by atoms with Crippen LogP contribution < -0.4 is 10.1 Å². The fourth-order valence-corrected chi connectivity index (χ4v) is 3.54. The molecule has 0 amide bonds. The third-order valence-electron chi connectivity index (χ3n) is 4.56. The molecule has 26 heavy (non-hydrogen) atoms. The first kappa shape index (κ1) is 18.9. The molecule has 0 bridgehead atoms. The SMILES string of the molecule is CCOc1ccc(C2=N[C@H](C(C)C)N[C@@H](c3cc(Br)ccc3O)C2)cc1. The number of halogens is 1. The molecule has 4 nitrogen and oxygen atoms in total. The highest BCUT2D eigenvalue weighted by molar-refractivity contribution is 9.10. The Morgan fingerprint density at radius 2 is 1.96 bits per heavy atom. The Morgan fingerprint density at radius 1 is 1.23 bits per heavy atom. The van der Waals surface area contributed by atoms with Crippen LogP contribution in [-0.4, -0.2) is 23.6 Å². The molecular formula is C21H25BrN2O2. The van der Waals surface area contributed by atoms with E-state index in [1.807, 2.05) is 31.2 Å². The van der Waals surface area contributed by atoms with Gasteiger partial charge in [0.1, 0.15) is 17.7 Å². The minimum Gasteiger partial charge on any atom is -0.508 e. The third kappa shape index (κ3) is 4.27. The zero-order valence-corrected chi connectivity index (χ0v) is 17.0. The van der Waals surface area contributed by atoms with E-state index < -0.39 is 0 Å². The van der Waals surface area contributed by atoms with E-state index in [4.69, 9.17) is 9.73 Å². The average Bonchev–Trinajstić information content (AvgIpc) is 2.64. The van der Waals surface area contributed by atoms with Gasteiger partial charge in [0.15, 0.2) is 0 Å². The zero-order valence-electron chi connectivity index (χ0n) is 15.4. The quantitative estimate of drug-likeness (QED) is 0.715. The summed E-state index contributed by atoms with van der Waals surface area (Å²) in [6.07, 6.45) is 0.731. The van der Waals surface area contributed by atoms with Gasteiger partial charge >= 0.3 is 0 Å². The van der Waals surface area contributed by atoms with Crippen LogP contribution in [0.15, 0.2) is 51.9 Å². The van der Waals surface area contributed by atoms with Crippen molar-refractivity contribution in [1.29, 1.82) is 0 Å². The summed E-state index contributed by atoms with van der Waals surface area (Å²) in [6.45, 7) is 6.94. The van der Waals surface area contributed by atoms with Gasteiger partial charge in [-0.2, -0.15) is 0 Å². The molecule has 2 N–H and O–H groups in total. The van der Waals surface area contributed by atoms with Gasteiger partial charge in [-0.1, -0.05) is 29.8 Å². The van der Waals surface area contributed by atoms with E-state index in [1.165, 1.54) is 0 Å². The third-order valence-corrected chi connectivity index (χ3v) is 5.05. The van der Waals surface area contributed by atoms with Crippen LogP contribution in [0.4, 0.5) is 0 Å². The van der Waals surface area contributed by atoms with E-state index >= 15 is 0 Å². The van der Waals surface area contributed by atoms with Crippen LogP contribution in [0.25, 0.3) is 0 Å². The van der Waals surface area contributed by atoms with E-state index in [0.29, 0.717) is 18.3 Å². The van der Waals surface area contributed by atoms with E-state index in [9.17, 15) is 5.11 Å². The van der Waals surface area contributed by atoms with Gasteiger partial charge in [-0.05, 0) is 60.9 Å². The monoisotopic (exact) mass is 416 g/mol. The number of phenolic OH excluding ortho intramolecular Hbond substituents is 1. The van der Waals surface area contributed by atoms with Gasteiger partial charge in [0.25, 0.3) is 0 Å². The highest BCUT2D eigenvalue weighted by atomic mass is 79.9. The zero-order chi connectivity index (χ0) is 18.7. The van der Waals surface area contributed by atoms with Gasteiger partial charge in [-0.25, -0.2) is 0 Å². The van der Waals surface area contributed by atoms with Crippen molar-refractivity contribution >= 4 is 21.6 Å². The lowest BCUT2D eigenvalue weighted by Gasteiger charge is -2.32. The molecule has 0 fully saturated rings. The van der Waals surface area contributed by atoms with E-state index in [1.54, 1.807) is 6.07 Å². The van der Waals surface area contributed by atoms with Crippen molar-refractivity contribution in [2.45, 2.75) is 39.4 Å². The molecule has 0 saturated carbocycles. The van der Waals surface area contributed by atoms with Crippen molar-refractivity contribution in [3.05, 3.63) is 58.1 Å². The fraction of sp³-hybridized carbons (Fsp3) is 0.381. The molecule has 0 unspecified atom stereocenters. The van der Waals surface area contributed by atoms with Crippen molar-refractivity contribution in [2.24, 2.45) is 10.9 Å². The maximum atomic E-state index is 10.3. The molecule has 0 spiro atoms. The summed E-state index contributed by atoms with van der Waals surface area (Å²) in [5.74, 6) is 1.53. The van der Waals surface area contributed by atoms with Crippen LogP contribution in [-0.2, 0) is 0 Å². The smallest absolute Gasteiger partial charge is 0.120 e. The van der Waals surface area contributed by atoms with Gasteiger partial charge in [0.05, 0.1) is 6.61 Å². The largest absolute Gasteiger partial charge is 0.508 e. The molecule has 0 aromatic heterocycles. The maximum Gasteiger partial charge on any atom is 0.120 e. The molecule has 1 heterocycles. The topological polar surface area (TPSA) is 53.8 Å². The van der Waals surface area contributed by atoms with E-state index in [-0.39, 0.29) is 12.2 Å². The van der Waals surface area contributed by atoms with E-state index in [2.05, 4.69) is 47.2 Å². The second-order valence-corrected chi connectivity index (χ2v) is 7.76. The molecule has 1 aliphatic rings. The summed E-state index contributed by atoms with van der Waals surface area (Å²) >= 11 is 3.51. The number of benzene rings is 2. The first-order valence-electron chi connectivity index (χ1n) is 9.02. The number of ether oxygens (including phenoxy) is 1. The average molecular weight is 417 g/mol. The summed E-state index contributed by atoms with van der Waals surface area (Å²) in [5, 5.41) is 13.9. The number of hydrogen-bond acceptors (Lipinski definition) is 4. The molecule has 2 aromatic carbocycles. The van der Waals surface area contributed by atoms with Crippen LogP contribution in [0, 0.1) is 5.92 Å². The van der Waals surface area contributed by atoms with Crippen molar-refractivity contribution in [2.75, 3.05) is 6.61 Å². The summed E-state index contributed by atoms with van der Waals surface area (Å²) in [7, 11) is 0. The Kier molecular flexibility index (Phi) is 5.99. The predicted octanol–water partition coefficient (Wildman–Crippen LogP) is 5.06. The molecule has 0 aliphatic carbocycles. The predicted molar refractivity (Wildman–Crippen MR) is 109 cm³/mol. The van der Waals surface area contributed by atoms with Gasteiger partial charge in [0, 0.05) is 28.2 Å². The molecule has 138 valence electrons. The van der Waals surface area contributed by atoms with Crippen molar-refractivity contribution in [1.82, 2.24) is 5.32 Å². The van der Waals surface area contributed by atoms with E-state index in [0.717, 1.165) is 33.5 Å². The molecule has 0 saturated heterocycles. The molecular weight excluding hydrogens is 392 g/mol. The summed E-state index contributed by atoms with van der Waals surface area (Å²) < 4.78 is 6.49. The number of phenols is 1. The Morgan fingerprint density at radius 3 is 2.62 bits per heavy atom. The van der Waals surface area contributed by atoms with Crippen LogP contribution in [0.2, 0.25) is 0 Å². The number of nitrogens with zero attached hydrogens (tertiary/aromatic N) is 1. The van der Waals surface area contributed by atoms with Gasteiger partial charge < -0.3 is 9.84 Å². The highest BCUT2D eigenvalue weighted by Crippen LogP contribution is 2.33. The molecule has 5 heteroatoms. The van der Waals surface area contributed by atoms with Gasteiger partial charge in [-0.3, -0.25) is 10.3 Å². The minimum atomic E-state index is 0.00806.